The second-order valence-corrected chi connectivity index (χ2v) is 7.15. The molecule has 3 rings (SSSR count). The lowest BCUT2D eigenvalue weighted by Gasteiger charge is -2.39. The van der Waals surface area contributed by atoms with Crippen molar-refractivity contribution in [1.29, 1.82) is 0 Å². The Morgan fingerprint density at radius 2 is 1.26 bits per heavy atom. The van der Waals surface area contributed by atoms with Crippen LogP contribution in [0.5, 0.6) is 0 Å². The fraction of sp³-hybridized carbons (Fsp3) is 0.200. The lowest BCUT2D eigenvalue weighted by molar-refractivity contribution is 1.51. The van der Waals surface area contributed by atoms with Crippen molar-refractivity contribution >= 4 is 60.0 Å². The molecule has 0 saturated heterocycles. The molecule has 2 aromatic carbocycles. The van der Waals surface area contributed by atoms with E-state index in [1.807, 2.05) is 0 Å². The molecule has 0 fully saturated rings. The van der Waals surface area contributed by atoms with Crippen LogP contribution in [0.15, 0.2) is 24.3 Å². The fourth-order valence-corrected chi connectivity index (χ4v) is 4.81. The van der Waals surface area contributed by atoms with E-state index in [2.05, 4.69) is 44.9 Å². The van der Waals surface area contributed by atoms with E-state index in [4.69, 9.17) is 23.2 Å². The monoisotopic (exact) mass is 305 g/mol. The third kappa shape index (κ3) is 2.23. The lowest BCUT2D eigenvalue weighted by atomic mass is 9.42. The van der Waals surface area contributed by atoms with E-state index >= 15 is 0 Å². The van der Waals surface area contributed by atoms with Crippen LogP contribution in [-0.4, -0.2) is 6.71 Å². The summed E-state index contributed by atoms with van der Waals surface area (Å²) in [5, 5.41) is 4.44. The molecule has 0 amide bonds. The maximum atomic E-state index is 6.21. The first kappa shape index (κ1) is 13.5. The molecule has 2 aromatic rings. The molecular weight excluding hydrogens is 293 g/mol. The van der Waals surface area contributed by atoms with Crippen LogP contribution in [0, 0.1) is 13.8 Å². The van der Waals surface area contributed by atoms with Crippen molar-refractivity contribution < 1.29 is 0 Å². The minimum Gasteiger partial charge on any atom is -0.473 e. The smallest absolute Gasteiger partial charge is 0.200 e. The first-order valence-corrected chi connectivity index (χ1v) is 7.94. The summed E-state index contributed by atoms with van der Waals surface area (Å²) < 4.78 is 0. The molecule has 0 bridgehead atoms. The summed E-state index contributed by atoms with van der Waals surface area (Å²) in [6.45, 7) is 6.86. The highest BCUT2D eigenvalue weighted by atomic mass is 35.5. The van der Waals surface area contributed by atoms with Gasteiger partial charge in [-0.15, -0.1) is 0 Å². The summed E-state index contributed by atoms with van der Waals surface area (Å²) in [5.74, 6) is 0. The van der Waals surface area contributed by atoms with E-state index in [0.29, 0.717) is 6.71 Å². The quantitative estimate of drug-likeness (QED) is 0.518. The lowest BCUT2D eigenvalue weighted by Crippen LogP contribution is -2.55. The molecule has 0 nitrogen and oxygen atoms in total. The van der Waals surface area contributed by atoms with Gasteiger partial charge in [0.2, 0.25) is 0 Å². The molecule has 0 radical (unpaired) electrons. The Morgan fingerprint density at radius 3 is 1.68 bits per heavy atom. The van der Waals surface area contributed by atoms with Crippen molar-refractivity contribution in [2.75, 3.05) is 0 Å². The standard InChI is InChI=1S/C15H13BCl2P/c1-8-4-10(17)6-12-14(8)19-15-9(2)5-11(18)7-13(15)16(12)3/h4-7H,1-3H3/q-1. The number of rotatable bonds is 0. The molecule has 0 saturated carbocycles. The second kappa shape index (κ2) is 4.81. The second-order valence-electron chi connectivity index (χ2n) is 5.15. The van der Waals surface area contributed by atoms with Crippen LogP contribution in [0.3, 0.4) is 0 Å². The van der Waals surface area contributed by atoms with Gasteiger partial charge >= 0.3 is 0 Å². The summed E-state index contributed by atoms with van der Waals surface area (Å²) in [6, 6.07) is 8.30. The number of hydrogen-bond acceptors (Lipinski definition) is 0. The van der Waals surface area contributed by atoms with E-state index in [1.54, 1.807) is 0 Å². The number of aryl methyl sites for hydroxylation is 2. The normalized spacial score (nSPS) is 13.2. The van der Waals surface area contributed by atoms with Crippen LogP contribution >= 0.6 is 31.8 Å². The van der Waals surface area contributed by atoms with Crippen molar-refractivity contribution in [3.05, 3.63) is 45.4 Å². The van der Waals surface area contributed by atoms with Crippen LogP contribution in [-0.2, 0) is 0 Å². The minimum atomic E-state index is 0.348. The van der Waals surface area contributed by atoms with Gasteiger partial charge in [-0.2, -0.15) is 0 Å². The number of halogens is 2. The van der Waals surface area contributed by atoms with E-state index < -0.39 is 0 Å². The number of hydrogen-bond donors (Lipinski definition) is 0. The summed E-state index contributed by atoms with van der Waals surface area (Å²) in [7, 11) is 1.27. The van der Waals surface area contributed by atoms with Crippen molar-refractivity contribution in [1.82, 2.24) is 0 Å². The van der Waals surface area contributed by atoms with Crippen molar-refractivity contribution in [3.63, 3.8) is 0 Å². The molecule has 1 aliphatic rings. The summed E-state index contributed by atoms with van der Waals surface area (Å²) in [4.78, 5) is 0. The SMILES string of the molecule is CB1c2cc(Cl)cc(C)c2[P-]c2c(C)cc(Cl)cc21. The molecule has 0 unspecified atom stereocenters. The van der Waals surface area contributed by atoms with Gasteiger partial charge in [-0.3, -0.25) is 0 Å². The Labute approximate surface area is 126 Å². The molecule has 0 N–H and O–H groups in total. The Balaban J connectivity index is 2.26. The van der Waals surface area contributed by atoms with Gasteiger partial charge in [0.15, 0.2) is 6.71 Å². The van der Waals surface area contributed by atoms with Gasteiger partial charge in [-0.1, -0.05) is 64.2 Å². The van der Waals surface area contributed by atoms with E-state index in [1.165, 1.54) is 41.2 Å². The van der Waals surface area contributed by atoms with Crippen LogP contribution in [0.4, 0.5) is 0 Å². The largest absolute Gasteiger partial charge is 0.473 e. The van der Waals surface area contributed by atoms with Gasteiger partial charge in [0.05, 0.1) is 0 Å². The van der Waals surface area contributed by atoms with Gasteiger partial charge in [0.1, 0.15) is 0 Å². The van der Waals surface area contributed by atoms with E-state index in [-0.39, 0.29) is 0 Å². The van der Waals surface area contributed by atoms with Gasteiger partial charge in [0.25, 0.3) is 0 Å². The predicted molar refractivity (Wildman–Crippen MR) is 89.5 cm³/mol. The number of fused-ring (bicyclic) bond motifs is 2. The highest BCUT2D eigenvalue weighted by Crippen LogP contribution is 2.22. The zero-order valence-electron chi connectivity index (χ0n) is 11.1. The molecule has 1 heterocycles. The highest BCUT2D eigenvalue weighted by molar-refractivity contribution is 7.58. The molecule has 1 aliphatic heterocycles. The first-order valence-electron chi connectivity index (χ1n) is 6.29. The summed E-state index contributed by atoms with van der Waals surface area (Å²) in [6.07, 6.45) is 0. The van der Waals surface area contributed by atoms with Gasteiger partial charge < -0.3 is 8.58 Å². The average molecular weight is 306 g/mol. The van der Waals surface area contributed by atoms with Crippen LogP contribution in [0.1, 0.15) is 11.1 Å². The maximum absolute atomic E-state index is 6.21. The molecular formula is C15H13BCl2P-. The predicted octanol–water partition coefficient (Wildman–Crippen LogP) is 3.06. The molecule has 0 spiro atoms. The van der Waals surface area contributed by atoms with Gasteiger partial charge in [0, 0.05) is 10.0 Å². The summed E-state index contributed by atoms with van der Waals surface area (Å²) in [5.41, 5.74) is 5.22. The topological polar surface area (TPSA) is 0 Å². The maximum Gasteiger partial charge on any atom is 0.200 e. The molecule has 19 heavy (non-hydrogen) atoms. The van der Waals surface area contributed by atoms with Gasteiger partial charge in [-0.25, -0.2) is 10.6 Å². The van der Waals surface area contributed by atoms with Crippen LogP contribution < -0.4 is 21.5 Å². The first-order chi connectivity index (χ1) is 8.97. The molecule has 0 aromatic heterocycles. The third-order valence-electron chi connectivity index (χ3n) is 3.75. The number of benzene rings is 2. The highest BCUT2D eigenvalue weighted by Gasteiger charge is 2.20. The third-order valence-corrected chi connectivity index (χ3v) is 5.85. The van der Waals surface area contributed by atoms with Crippen molar-refractivity contribution in [2.24, 2.45) is 0 Å². The molecule has 96 valence electrons. The van der Waals surface area contributed by atoms with Gasteiger partial charge in [-0.05, 0) is 26.0 Å². The van der Waals surface area contributed by atoms with Crippen LogP contribution in [0.25, 0.3) is 0 Å². The summed E-state index contributed by atoms with van der Waals surface area (Å²) >= 11 is 12.4. The van der Waals surface area contributed by atoms with E-state index in [9.17, 15) is 0 Å². The Bertz CT molecular complexity index is 625. The zero-order valence-corrected chi connectivity index (χ0v) is 13.5. The molecule has 4 heteroatoms. The minimum absolute atomic E-state index is 0.348. The Morgan fingerprint density at radius 1 is 0.842 bits per heavy atom. The van der Waals surface area contributed by atoms with Crippen LogP contribution in [0.2, 0.25) is 16.9 Å². The Hall–Kier alpha value is -0.485. The molecule has 0 aliphatic carbocycles. The van der Waals surface area contributed by atoms with Crippen molar-refractivity contribution in [3.8, 4) is 0 Å². The Kier molecular flexibility index (Phi) is 3.42. The average Bonchev–Trinajstić information content (AvgIpc) is 2.32. The zero-order chi connectivity index (χ0) is 13.7. The fourth-order valence-electron chi connectivity index (χ4n) is 2.77. The molecule has 0 atom stereocenters. The van der Waals surface area contributed by atoms with Crippen molar-refractivity contribution in [2.45, 2.75) is 20.7 Å². The van der Waals surface area contributed by atoms with E-state index in [0.717, 1.165) is 10.0 Å².